The van der Waals surface area contributed by atoms with Crippen LogP contribution < -0.4 is 10.1 Å². The Kier molecular flexibility index (Phi) is 7.98. The zero-order valence-electron chi connectivity index (χ0n) is 20.1. The normalized spacial score (nSPS) is 15.3. The number of hydrogen-bond donors (Lipinski definition) is 1. The molecule has 1 unspecified atom stereocenters. The van der Waals surface area contributed by atoms with E-state index in [0.29, 0.717) is 38.0 Å². The van der Waals surface area contributed by atoms with Crippen LogP contribution in [-0.2, 0) is 4.74 Å². The Morgan fingerprint density at radius 2 is 1.74 bits per heavy atom. The molecular formula is C27H33N3O4. The third-order valence-electron chi connectivity index (χ3n) is 6.12. The van der Waals surface area contributed by atoms with Gasteiger partial charge in [-0.25, -0.2) is 0 Å². The number of morpholine rings is 1. The first-order valence-corrected chi connectivity index (χ1v) is 11.9. The first-order chi connectivity index (χ1) is 16.5. The highest BCUT2D eigenvalue weighted by Crippen LogP contribution is 2.25. The van der Waals surface area contributed by atoms with Gasteiger partial charge in [0.15, 0.2) is 11.5 Å². The summed E-state index contributed by atoms with van der Waals surface area (Å²) in [6, 6.07) is 18.0. The van der Waals surface area contributed by atoms with Crippen LogP contribution in [0.15, 0.2) is 59.1 Å². The highest BCUT2D eigenvalue weighted by molar-refractivity contribution is 5.93. The van der Waals surface area contributed by atoms with Crippen molar-refractivity contribution in [1.29, 1.82) is 0 Å². The molecule has 2 aromatic carbocycles. The molecule has 1 amide bonds. The molecule has 1 saturated heterocycles. The average Bonchev–Trinajstić information content (AvgIpc) is 3.36. The third kappa shape index (κ3) is 5.85. The lowest BCUT2D eigenvalue weighted by Crippen LogP contribution is -2.43. The van der Waals surface area contributed by atoms with Crippen molar-refractivity contribution in [2.24, 2.45) is 0 Å². The summed E-state index contributed by atoms with van der Waals surface area (Å²) in [6.45, 7) is 10.5. The van der Waals surface area contributed by atoms with Crippen LogP contribution in [-0.4, -0.2) is 55.4 Å². The van der Waals surface area contributed by atoms with E-state index in [0.717, 1.165) is 24.4 Å². The van der Waals surface area contributed by atoms with Crippen LogP contribution >= 0.6 is 0 Å². The minimum Gasteiger partial charge on any atom is -0.494 e. The zero-order valence-corrected chi connectivity index (χ0v) is 20.1. The Hall–Kier alpha value is -3.16. The van der Waals surface area contributed by atoms with Crippen molar-refractivity contribution in [3.05, 3.63) is 71.4 Å². The third-order valence-corrected chi connectivity index (χ3v) is 6.12. The van der Waals surface area contributed by atoms with Gasteiger partial charge in [-0.15, -0.1) is 0 Å². The predicted molar refractivity (Wildman–Crippen MR) is 131 cm³/mol. The van der Waals surface area contributed by atoms with Gasteiger partial charge in [-0.05, 0) is 48.2 Å². The molecule has 7 nitrogen and oxygen atoms in total. The average molecular weight is 464 g/mol. The summed E-state index contributed by atoms with van der Waals surface area (Å²) >= 11 is 0. The smallest absolute Gasteiger partial charge is 0.273 e. The molecule has 3 aromatic rings. The second kappa shape index (κ2) is 11.3. The van der Waals surface area contributed by atoms with Gasteiger partial charge >= 0.3 is 0 Å². The molecular weight excluding hydrogens is 430 g/mol. The first-order valence-electron chi connectivity index (χ1n) is 11.9. The van der Waals surface area contributed by atoms with Crippen LogP contribution in [0.5, 0.6) is 5.75 Å². The standard InChI is InChI=1S/C27H33N3O4/c1-4-33-23-11-9-22(10-12-23)26-17-24(29-34-26)27(31)28-18-25(30-13-15-32-16-14-30)21-7-5-20(6-8-21)19(2)3/h5-12,17,19,25H,4,13-16,18H2,1-3H3,(H,28,31). The van der Waals surface area contributed by atoms with Crippen molar-refractivity contribution in [2.45, 2.75) is 32.7 Å². The van der Waals surface area contributed by atoms with Crippen LogP contribution in [0.1, 0.15) is 54.3 Å². The number of nitrogens with one attached hydrogen (secondary N) is 1. The van der Waals surface area contributed by atoms with E-state index in [4.69, 9.17) is 14.0 Å². The quantitative estimate of drug-likeness (QED) is 0.497. The molecule has 0 saturated carbocycles. The molecule has 1 aliphatic heterocycles. The Morgan fingerprint density at radius 3 is 2.38 bits per heavy atom. The fraction of sp³-hybridized carbons (Fsp3) is 0.407. The summed E-state index contributed by atoms with van der Waals surface area (Å²) < 4.78 is 16.5. The number of amides is 1. The van der Waals surface area contributed by atoms with Gasteiger partial charge in [-0.1, -0.05) is 43.3 Å². The van der Waals surface area contributed by atoms with E-state index in [2.05, 4.69) is 53.5 Å². The zero-order chi connectivity index (χ0) is 23.9. The van der Waals surface area contributed by atoms with Crippen molar-refractivity contribution in [3.8, 4) is 17.1 Å². The van der Waals surface area contributed by atoms with E-state index in [9.17, 15) is 4.79 Å². The van der Waals surface area contributed by atoms with Crippen LogP contribution in [0, 0.1) is 0 Å². The molecule has 4 rings (SSSR count). The number of carbonyl (C=O) groups is 1. The number of ether oxygens (including phenoxy) is 2. The Balaban J connectivity index is 1.44. The summed E-state index contributed by atoms with van der Waals surface area (Å²) in [5, 5.41) is 7.05. The minimum atomic E-state index is -0.252. The maximum atomic E-state index is 12.9. The van der Waals surface area contributed by atoms with Gasteiger partial charge in [-0.2, -0.15) is 0 Å². The molecule has 2 heterocycles. The number of hydrogen-bond acceptors (Lipinski definition) is 6. The lowest BCUT2D eigenvalue weighted by Gasteiger charge is -2.35. The summed E-state index contributed by atoms with van der Waals surface area (Å²) in [6.07, 6.45) is 0. The summed E-state index contributed by atoms with van der Waals surface area (Å²) in [7, 11) is 0. The molecule has 1 atom stereocenters. The van der Waals surface area contributed by atoms with Crippen molar-refractivity contribution < 1.29 is 18.8 Å². The maximum absolute atomic E-state index is 12.9. The number of aromatic nitrogens is 1. The molecule has 0 aliphatic carbocycles. The largest absolute Gasteiger partial charge is 0.494 e. The summed E-state index contributed by atoms with van der Waals surface area (Å²) in [4.78, 5) is 15.3. The molecule has 1 N–H and O–H groups in total. The Bertz CT molecular complexity index is 1050. The number of carbonyl (C=O) groups excluding carboxylic acids is 1. The first kappa shape index (κ1) is 24.0. The minimum absolute atomic E-state index is 0.0616. The van der Waals surface area contributed by atoms with Gasteiger partial charge in [0.1, 0.15) is 5.75 Å². The molecule has 0 bridgehead atoms. The molecule has 34 heavy (non-hydrogen) atoms. The van der Waals surface area contributed by atoms with Crippen LogP contribution in [0.4, 0.5) is 0 Å². The monoisotopic (exact) mass is 463 g/mol. The second-order valence-electron chi connectivity index (χ2n) is 8.73. The van der Waals surface area contributed by atoms with Gasteiger partial charge < -0.3 is 19.3 Å². The SMILES string of the molecule is CCOc1ccc(-c2cc(C(=O)NCC(c3ccc(C(C)C)cc3)N3CCOCC3)no2)cc1. The lowest BCUT2D eigenvalue weighted by molar-refractivity contribution is 0.0162. The lowest BCUT2D eigenvalue weighted by atomic mass is 9.98. The van der Waals surface area contributed by atoms with Gasteiger partial charge in [0.05, 0.1) is 25.9 Å². The van der Waals surface area contributed by atoms with E-state index >= 15 is 0 Å². The molecule has 0 radical (unpaired) electrons. The fourth-order valence-corrected chi connectivity index (χ4v) is 4.13. The van der Waals surface area contributed by atoms with Gasteiger partial charge in [0.2, 0.25) is 0 Å². The van der Waals surface area contributed by atoms with E-state index in [1.165, 1.54) is 11.1 Å². The number of nitrogens with zero attached hydrogens (tertiary/aromatic N) is 2. The summed E-state index contributed by atoms with van der Waals surface area (Å²) in [5.74, 6) is 1.56. The van der Waals surface area contributed by atoms with Crippen LogP contribution in [0.3, 0.4) is 0 Å². The van der Waals surface area contributed by atoms with Crippen molar-refractivity contribution in [2.75, 3.05) is 39.5 Å². The Labute approximate surface area is 201 Å². The van der Waals surface area contributed by atoms with E-state index in [1.54, 1.807) is 6.07 Å². The van der Waals surface area contributed by atoms with E-state index in [1.807, 2.05) is 31.2 Å². The fourth-order valence-electron chi connectivity index (χ4n) is 4.13. The second-order valence-corrected chi connectivity index (χ2v) is 8.73. The van der Waals surface area contributed by atoms with Gasteiger partial charge in [0, 0.05) is 31.3 Å². The van der Waals surface area contributed by atoms with Crippen molar-refractivity contribution >= 4 is 5.91 Å². The van der Waals surface area contributed by atoms with Crippen LogP contribution in [0.25, 0.3) is 11.3 Å². The van der Waals surface area contributed by atoms with Crippen molar-refractivity contribution in [3.63, 3.8) is 0 Å². The van der Waals surface area contributed by atoms with E-state index in [-0.39, 0.29) is 17.6 Å². The maximum Gasteiger partial charge on any atom is 0.273 e. The van der Waals surface area contributed by atoms with E-state index < -0.39 is 0 Å². The molecule has 180 valence electrons. The van der Waals surface area contributed by atoms with Crippen LogP contribution in [0.2, 0.25) is 0 Å². The summed E-state index contributed by atoms with van der Waals surface area (Å²) in [5.41, 5.74) is 3.59. The molecule has 7 heteroatoms. The topological polar surface area (TPSA) is 76.8 Å². The predicted octanol–water partition coefficient (Wildman–Crippen LogP) is 4.67. The highest BCUT2D eigenvalue weighted by Gasteiger charge is 2.24. The number of rotatable bonds is 9. The molecule has 1 aromatic heterocycles. The molecule has 1 fully saturated rings. The molecule has 1 aliphatic rings. The number of benzene rings is 2. The van der Waals surface area contributed by atoms with Crippen molar-refractivity contribution in [1.82, 2.24) is 15.4 Å². The van der Waals surface area contributed by atoms with Gasteiger partial charge in [-0.3, -0.25) is 9.69 Å². The Morgan fingerprint density at radius 1 is 1.06 bits per heavy atom. The van der Waals surface area contributed by atoms with Gasteiger partial charge in [0.25, 0.3) is 5.91 Å². The highest BCUT2D eigenvalue weighted by atomic mass is 16.5. The molecule has 0 spiro atoms.